The van der Waals surface area contributed by atoms with E-state index in [0.29, 0.717) is 42.4 Å². The van der Waals surface area contributed by atoms with Crippen molar-refractivity contribution in [1.29, 1.82) is 0 Å². The lowest BCUT2D eigenvalue weighted by atomic mass is 10.2. The van der Waals surface area contributed by atoms with Crippen molar-refractivity contribution in [2.24, 2.45) is 5.10 Å². The Bertz CT molecular complexity index is 697. The van der Waals surface area contributed by atoms with Crippen molar-refractivity contribution in [3.05, 3.63) is 23.8 Å². The highest BCUT2D eigenvalue weighted by molar-refractivity contribution is 5.85. The number of methoxy groups -OCH3 is 2. The van der Waals surface area contributed by atoms with Crippen LogP contribution in [0.5, 0.6) is 11.5 Å². The summed E-state index contributed by atoms with van der Waals surface area (Å²) in [6, 6.07) is 5.55. The van der Waals surface area contributed by atoms with Crippen molar-refractivity contribution in [2.75, 3.05) is 43.4 Å². The third-order valence-electron chi connectivity index (χ3n) is 3.11. The smallest absolute Gasteiger partial charge is 0.250 e. The third-order valence-corrected chi connectivity index (χ3v) is 3.11. The maximum Gasteiger partial charge on any atom is 0.250 e. The number of nitrogens with zero attached hydrogens (tertiary/aromatic N) is 4. The molecule has 0 radical (unpaired) electrons. The number of hydrazone groups is 1. The van der Waals surface area contributed by atoms with Crippen molar-refractivity contribution in [1.82, 2.24) is 15.0 Å². The summed E-state index contributed by atoms with van der Waals surface area (Å²) in [4.78, 5) is 12.8. The predicted octanol–water partition coefficient (Wildman–Crippen LogP) is 2.20. The molecule has 9 nitrogen and oxygen atoms in total. The lowest BCUT2D eigenvalue weighted by Gasteiger charge is -2.10. The van der Waals surface area contributed by atoms with E-state index in [2.05, 4.69) is 36.1 Å². The minimum absolute atomic E-state index is 0.333. The number of para-hydroxylation sites is 1. The molecular formula is C16H23N7O2. The summed E-state index contributed by atoms with van der Waals surface area (Å²) in [5, 5.41) is 10.3. The van der Waals surface area contributed by atoms with Crippen LogP contribution in [0.15, 0.2) is 23.3 Å². The van der Waals surface area contributed by atoms with Crippen LogP contribution in [-0.2, 0) is 0 Å². The molecule has 0 bridgehead atoms. The second-order valence-electron chi connectivity index (χ2n) is 4.82. The van der Waals surface area contributed by atoms with E-state index in [-0.39, 0.29) is 0 Å². The quantitative estimate of drug-likeness (QED) is 0.469. The van der Waals surface area contributed by atoms with Crippen LogP contribution in [0.1, 0.15) is 19.4 Å². The van der Waals surface area contributed by atoms with Gasteiger partial charge in [0.1, 0.15) is 0 Å². The van der Waals surface area contributed by atoms with Crippen LogP contribution in [0.3, 0.4) is 0 Å². The van der Waals surface area contributed by atoms with Gasteiger partial charge < -0.3 is 20.1 Å². The Morgan fingerprint density at radius 1 is 0.960 bits per heavy atom. The normalized spacial score (nSPS) is 10.6. The van der Waals surface area contributed by atoms with Gasteiger partial charge in [-0.1, -0.05) is 6.07 Å². The Hall–Kier alpha value is -3.10. The highest BCUT2D eigenvalue weighted by Crippen LogP contribution is 2.29. The highest BCUT2D eigenvalue weighted by Gasteiger charge is 2.08. The van der Waals surface area contributed by atoms with E-state index in [9.17, 15) is 0 Å². The van der Waals surface area contributed by atoms with Crippen LogP contribution >= 0.6 is 0 Å². The fraction of sp³-hybridized carbons (Fsp3) is 0.375. The molecule has 0 atom stereocenters. The van der Waals surface area contributed by atoms with E-state index in [1.807, 2.05) is 32.0 Å². The van der Waals surface area contributed by atoms with Crippen molar-refractivity contribution in [3.8, 4) is 11.5 Å². The van der Waals surface area contributed by atoms with Gasteiger partial charge in [0.15, 0.2) is 11.5 Å². The van der Waals surface area contributed by atoms with Crippen LogP contribution in [0, 0.1) is 0 Å². The van der Waals surface area contributed by atoms with Crippen molar-refractivity contribution in [2.45, 2.75) is 13.8 Å². The molecule has 1 aromatic heterocycles. The monoisotopic (exact) mass is 345 g/mol. The van der Waals surface area contributed by atoms with Gasteiger partial charge in [0, 0.05) is 18.7 Å². The van der Waals surface area contributed by atoms with Gasteiger partial charge in [-0.15, -0.1) is 0 Å². The minimum Gasteiger partial charge on any atom is -0.493 e. The maximum absolute atomic E-state index is 5.37. The number of hydrogen-bond acceptors (Lipinski definition) is 9. The van der Waals surface area contributed by atoms with E-state index in [1.165, 1.54) is 0 Å². The molecule has 1 heterocycles. The molecule has 0 spiro atoms. The Kier molecular flexibility index (Phi) is 6.76. The van der Waals surface area contributed by atoms with Gasteiger partial charge in [-0.3, -0.25) is 0 Å². The number of aromatic nitrogens is 3. The van der Waals surface area contributed by atoms with Gasteiger partial charge in [-0.2, -0.15) is 20.1 Å². The number of anilines is 3. The third kappa shape index (κ3) is 4.93. The second kappa shape index (κ2) is 9.26. The molecule has 0 aliphatic rings. The molecule has 1 aromatic carbocycles. The number of nitrogens with one attached hydrogen (secondary N) is 3. The lowest BCUT2D eigenvalue weighted by Crippen LogP contribution is -2.10. The first-order valence-electron chi connectivity index (χ1n) is 7.95. The van der Waals surface area contributed by atoms with Crippen molar-refractivity contribution in [3.63, 3.8) is 0 Å². The molecule has 2 rings (SSSR count). The summed E-state index contributed by atoms with van der Waals surface area (Å²) in [6.07, 6.45) is 1.62. The minimum atomic E-state index is 0.333. The SMILES string of the molecule is CCNc1nc(NCC)nc(N/N=C\c2cccc(OC)c2OC)n1. The van der Waals surface area contributed by atoms with E-state index < -0.39 is 0 Å². The Balaban J connectivity index is 2.19. The summed E-state index contributed by atoms with van der Waals surface area (Å²) in [7, 11) is 3.17. The van der Waals surface area contributed by atoms with Crippen LogP contribution in [-0.4, -0.2) is 48.5 Å². The molecular weight excluding hydrogens is 322 g/mol. The zero-order chi connectivity index (χ0) is 18.1. The summed E-state index contributed by atoms with van der Waals surface area (Å²) in [5.74, 6) is 2.53. The molecule has 0 saturated carbocycles. The molecule has 25 heavy (non-hydrogen) atoms. The maximum atomic E-state index is 5.37. The lowest BCUT2D eigenvalue weighted by molar-refractivity contribution is 0.354. The highest BCUT2D eigenvalue weighted by atomic mass is 16.5. The Labute approximate surface area is 146 Å². The largest absolute Gasteiger partial charge is 0.493 e. The summed E-state index contributed by atoms with van der Waals surface area (Å²) in [6.45, 7) is 5.35. The van der Waals surface area contributed by atoms with Gasteiger partial charge in [0.2, 0.25) is 17.8 Å². The predicted molar refractivity (Wildman–Crippen MR) is 98.9 cm³/mol. The average molecular weight is 345 g/mol. The first kappa shape index (κ1) is 18.2. The van der Waals surface area contributed by atoms with Crippen LogP contribution < -0.4 is 25.5 Å². The van der Waals surface area contributed by atoms with Crippen LogP contribution in [0.25, 0.3) is 0 Å². The standard InChI is InChI=1S/C16H23N7O2/c1-5-17-14-20-15(18-6-2)22-16(21-14)23-19-10-11-8-7-9-12(24-3)13(11)25-4/h7-10H,5-6H2,1-4H3,(H3,17,18,20,21,22,23)/b19-10-. The van der Waals surface area contributed by atoms with Crippen molar-refractivity contribution >= 4 is 24.1 Å². The average Bonchev–Trinajstić information content (AvgIpc) is 2.62. The van der Waals surface area contributed by atoms with E-state index in [1.54, 1.807) is 20.4 Å². The van der Waals surface area contributed by atoms with E-state index in [4.69, 9.17) is 9.47 Å². The van der Waals surface area contributed by atoms with Gasteiger partial charge in [0.05, 0.1) is 20.4 Å². The number of ether oxygens (including phenoxy) is 2. The molecule has 0 aliphatic carbocycles. The number of hydrogen-bond donors (Lipinski definition) is 3. The summed E-state index contributed by atoms with van der Waals surface area (Å²) >= 11 is 0. The van der Waals surface area contributed by atoms with Gasteiger partial charge in [0.25, 0.3) is 0 Å². The van der Waals surface area contributed by atoms with E-state index >= 15 is 0 Å². The molecule has 0 fully saturated rings. The molecule has 0 aliphatic heterocycles. The first-order valence-corrected chi connectivity index (χ1v) is 7.95. The molecule has 134 valence electrons. The number of rotatable bonds is 9. The van der Waals surface area contributed by atoms with Gasteiger partial charge >= 0.3 is 0 Å². The Morgan fingerprint density at radius 2 is 1.60 bits per heavy atom. The Morgan fingerprint density at radius 3 is 2.16 bits per heavy atom. The fourth-order valence-corrected chi connectivity index (χ4v) is 2.07. The van der Waals surface area contributed by atoms with Crippen LogP contribution in [0.4, 0.5) is 17.8 Å². The van der Waals surface area contributed by atoms with Gasteiger partial charge in [-0.25, -0.2) is 5.43 Å². The molecule has 0 unspecified atom stereocenters. The topological polar surface area (TPSA) is 106 Å². The molecule has 3 N–H and O–H groups in total. The molecule has 0 amide bonds. The zero-order valence-electron chi connectivity index (χ0n) is 14.8. The summed E-state index contributed by atoms with van der Waals surface area (Å²) in [5.41, 5.74) is 3.58. The second-order valence-corrected chi connectivity index (χ2v) is 4.82. The zero-order valence-corrected chi connectivity index (χ0v) is 14.8. The molecule has 9 heteroatoms. The van der Waals surface area contributed by atoms with E-state index in [0.717, 1.165) is 5.56 Å². The van der Waals surface area contributed by atoms with Crippen LogP contribution in [0.2, 0.25) is 0 Å². The number of benzene rings is 1. The molecule has 0 saturated heterocycles. The van der Waals surface area contributed by atoms with Gasteiger partial charge in [-0.05, 0) is 26.0 Å². The first-order chi connectivity index (χ1) is 12.2. The fourth-order valence-electron chi connectivity index (χ4n) is 2.07. The molecule has 2 aromatic rings. The van der Waals surface area contributed by atoms with Crippen molar-refractivity contribution < 1.29 is 9.47 Å². The summed E-state index contributed by atoms with van der Waals surface area (Å²) < 4.78 is 10.6.